The van der Waals surface area contributed by atoms with E-state index >= 15 is 0 Å². The average molecular weight is 296 g/mol. The smallest absolute Gasteiger partial charge is 0.144 e. The summed E-state index contributed by atoms with van der Waals surface area (Å²) < 4.78 is 5.32. The van der Waals surface area contributed by atoms with Gasteiger partial charge in [0.05, 0.1) is 7.11 Å². The molecule has 0 radical (unpaired) electrons. The van der Waals surface area contributed by atoms with E-state index in [2.05, 4.69) is 11.2 Å². The number of hydrogen-bond acceptors (Lipinski definition) is 4. The quantitative estimate of drug-likeness (QED) is 0.191. The molecule has 5 heteroatoms. The fourth-order valence-electron chi connectivity index (χ4n) is 1.85. The summed E-state index contributed by atoms with van der Waals surface area (Å²) in [5, 5.41) is 11.8. The van der Waals surface area contributed by atoms with E-state index in [1.807, 2.05) is 32.0 Å². The maximum atomic E-state index is 8.72. The van der Waals surface area contributed by atoms with E-state index in [-0.39, 0.29) is 5.41 Å². The summed E-state index contributed by atoms with van der Waals surface area (Å²) in [7, 11) is 1.69. The number of methoxy groups -OCH3 is 1. The van der Waals surface area contributed by atoms with Gasteiger partial charge in [0.1, 0.15) is 11.6 Å². The third kappa shape index (κ3) is 4.96. The lowest BCUT2D eigenvalue weighted by Crippen LogP contribution is -2.31. The highest BCUT2D eigenvalue weighted by molar-refractivity contribution is 7.99. The minimum atomic E-state index is -0.246. The maximum absolute atomic E-state index is 8.72. The molecular weight excluding hydrogens is 272 g/mol. The number of nitrogens with zero attached hydrogens (tertiary/aromatic N) is 1. The van der Waals surface area contributed by atoms with Crippen LogP contribution in [0.3, 0.4) is 0 Å². The molecule has 0 saturated carbocycles. The fourth-order valence-corrected chi connectivity index (χ4v) is 2.89. The normalized spacial score (nSPS) is 12.4. The molecule has 1 rings (SSSR count). The van der Waals surface area contributed by atoms with Crippen molar-refractivity contribution in [2.75, 3.05) is 12.9 Å². The first-order chi connectivity index (χ1) is 9.51. The molecule has 0 bridgehead atoms. The molecule has 20 heavy (non-hydrogen) atoms. The molecule has 0 aromatic heterocycles. The predicted molar refractivity (Wildman–Crippen MR) is 84.8 cm³/mol. The monoisotopic (exact) mass is 296 g/mol. The molecule has 0 fully saturated rings. The molecule has 112 valence electrons. The maximum Gasteiger partial charge on any atom is 0.144 e. The Balaban J connectivity index is 2.32. The highest BCUT2D eigenvalue weighted by Crippen LogP contribution is 2.30. The van der Waals surface area contributed by atoms with E-state index in [9.17, 15) is 0 Å². The average Bonchev–Trinajstić information content (AvgIpc) is 2.46. The number of thioether (sulfide) groups is 1. The number of amidine groups is 1. The molecular formula is C15H24N2O2S. The van der Waals surface area contributed by atoms with Crippen LogP contribution in [0.1, 0.15) is 33.1 Å². The molecule has 0 amide bonds. The predicted octanol–water partition coefficient (Wildman–Crippen LogP) is 3.73. The molecule has 0 saturated heterocycles. The molecule has 0 spiro atoms. The number of unbranched alkanes of at least 4 members (excludes halogenated alkanes) is 1. The molecule has 0 aliphatic carbocycles. The first-order valence-electron chi connectivity index (χ1n) is 6.75. The second kappa shape index (κ2) is 8.04. The van der Waals surface area contributed by atoms with Gasteiger partial charge in [-0.25, -0.2) is 0 Å². The number of benzene rings is 1. The van der Waals surface area contributed by atoms with Crippen LogP contribution >= 0.6 is 11.8 Å². The van der Waals surface area contributed by atoms with Gasteiger partial charge < -0.3 is 15.7 Å². The van der Waals surface area contributed by atoms with Crippen molar-refractivity contribution in [3.63, 3.8) is 0 Å². The highest BCUT2D eigenvalue weighted by Gasteiger charge is 2.22. The third-order valence-electron chi connectivity index (χ3n) is 3.32. The minimum absolute atomic E-state index is 0.246. The van der Waals surface area contributed by atoms with Crippen LogP contribution in [-0.4, -0.2) is 23.9 Å². The van der Waals surface area contributed by atoms with Gasteiger partial charge in [-0.05, 0) is 30.7 Å². The summed E-state index contributed by atoms with van der Waals surface area (Å²) in [6, 6.07) is 8.04. The summed E-state index contributed by atoms with van der Waals surface area (Å²) in [4.78, 5) is 1.17. The van der Waals surface area contributed by atoms with Crippen LogP contribution in [0.25, 0.3) is 0 Å². The summed E-state index contributed by atoms with van der Waals surface area (Å²) in [6.45, 7) is 3.99. The fraction of sp³-hybridized carbons (Fsp3) is 0.533. The van der Waals surface area contributed by atoms with Crippen molar-refractivity contribution in [3.8, 4) is 5.75 Å². The molecule has 0 aliphatic rings. The van der Waals surface area contributed by atoms with E-state index < -0.39 is 0 Å². The van der Waals surface area contributed by atoms with Gasteiger partial charge in [-0.2, -0.15) is 0 Å². The summed E-state index contributed by atoms with van der Waals surface area (Å²) in [6.07, 6.45) is 3.05. The largest absolute Gasteiger partial charge is 0.496 e. The third-order valence-corrected chi connectivity index (χ3v) is 4.46. The van der Waals surface area contributed by atoms with E-state index in [1.165, 1.54) is 4.90 Å². The zero-order chi connectivity index (χ0) is 15.0. The Morgan fingerprint density at radius 1 is 1.35 bits per heavy atom. The van der Waals surface area contributed by atoms with Crippen molar-refractivity contribution in [3.05, 3.63) is 24.3 Å². The Labute approximate surface area is 125 Å². The van der Waals surface area contributed by atoms with Crippen LogP contribution in [-0.2, 0) is 0 Å². The Morgan fingerprint density at radius 3 is 2.70 bits per heavy atom. The second-order valence-electron chi connectivity index (χ2n) is 5.33. The lowest BCUT2D eigenvalue weighted by molar-refractivity contribution is 0.304. The zero-order valence-corrected chi connectivity index (χ0v) is 13.2. The molecule has 1 aromatic carbocycles. The minimum Gasteiger partial charge on any atom is -0.496 e. The van der Waals surface area contributed by atoms with Crippen LogP contribution in [0.2, 0.25) is 0 Å². The van der Waals surface area contributed by atoms with Crippen LogP contribution < -0.4 is 10.5 Å². The van der Waals surface area contributed by atoms with E-state index in [1.54, 1.807) is 18.9 Å². The molecule has 0 atom stereocenters. The SMILES string of the molecule is COc1ccccc1SCCCCC(C)(C)/C(N)=N/O. The van der Waals surface area contributed by atoms with Gasteiger partial charge in [-0.1, -0.05) is 37.6 Å². The number of para-hydroxylation sites is 1. The van der Waals surface area contributed by atoms with Gasteiger partial charge in [0, 0.05) is 10.3 Å². The van der Waals surface area contributed by atoms with Crippen LogP contribution in [0.4, 0.5) is 0 Å². The lowest BCUT2D eigenvalue weighted by atomic mass is 9.86. The number of ether oxygens (including phenoxy) is 1. The first-order valence-corrected chi connectivity index (χ1v) is 7.73. The van der Waals surface area contributed by atoms with Crippen LogP contribution in [0.15, 0.2) is 34.3 Å². The van der Waals surface area contributed by atoms with Gasteiger partial charge in [-0.3, -0.25) is 0 Å². The lowest BCUT2D eigenvalue weighted by Gasteiger charge is -2.22. The molecule has 0 aliphatic heterocycles. The molecule has 1 aromatic rings. The molecule has 0 heterocycles. The zero-order valence-electron chi connectivity index (χ0n) is 12.4. The molecule has 0 unspecified atom stereocenters. The Hall–Kier alpha value is -1.36. The number of hydrogen-bond donors (Lipinski definition) is 2. The van der Waals surface area contributed by atoms with Gasteiger partial charge in [0.25, 0.3) is 0 Å². The highest BCUT2D eigenvalue weighted by atomic mass is 32.2. The Morgan fingerprint density at radius 2 is 2.05 bits per heavy atom. The van der Waals surface area contributed by atoms with Crippen molar-refractivity contribution < 1.29 is 9.94 Å². The summed E-state index contributed by atoms with van der Waals surface area (Å²) in [5.41, 5.74) is 5.43. The standard InChI is InChI=1S/C15H24N2O2S/c1-15(2,14(16)17-18)10-6-7-11-20-13-9-5-4-8-12(13)19-3/h4-5,8-9,18H,6-7,10-11H2,1-3H3,(H2,16,17). The second-order valence-corrected chi connectivity index (χ2v) is 6.46. The topological polar surface area (TPSA) is 67.8 Å². The van der Waals surface area contributed by atoms with Crippen molar-refractivity contribution in [2.24, 2.45) is 16.3 Å². The van der Waals surface area contributed by atoms with Crippen molar-refractivity contribution >= 4 is 17.6 Å². The number of nitrogens with two attached hydrogens (primary N) is 1. The van der Waals surface area contributed by atoms with E-state index in [0.717, 1.165) is 30.8 Å². The Bertz CT molecular complexity index is 447. The van der Waals surface area contributed by atoms with Crippen molar-refractivity contribution in [1.82, 2.24) is 0 Å². The van der Waals surface area contributed by atoms with E-state index in [4.69, 9.17) is 15.7 Å². The van der Waals surface area contributed by atoms with Gasteiger partial charge >= 0.3 is 0 Å². The summed E-state index contributed by atoms with van der Waals surface area (Å²) in [5.74, 6) is 2.26. The van der Waals surface area contributed by atoms with Crippen LogP contribution in [0, 0.1) is 5.41 Å². The summed E-state index contributed by atoms with van der Waals surface area (Å²) >= 11 is 1.80. The molecule has 4 nitrogen and oxygen atoms in total. The number of oxime groups is 1. The van der Waals surface area contributed by atoms with Gasteiger partial charge in [-0.15, -0.1) is 11.8 Å². The first kappa shape index (κ1) is 16.7. The van der Waals surface area contributed by atoms with Crippen molar-refractivity contribution in [1.29, 1.82) is 0 Å². The van der Waals surface area contributed by atoms with Crippen molar-refractivity contribution in [2.45, 2.75) is 38.0 Å². The van der Waals surface area contributed by atoms with Gasteiger partial charge in [0.2, 0.25) is 0 Å². The van der Waals surface area contributed by atoms with Gasteiger partial charge in [0.15, 0.2) is 0 Å². The molecule has 3 N–H and O–H groups in total. The van der Waals surface area contributed by atoms with E-state index in [0.29, 0.717) is 5.84 Å². The van der Waals surface area contributed by atoms with Crippen LogP contribution in [0.5, 0.6) is 5.75 Å². The Kier molecular flexibility index (Phi) is 6.71. The number of rotatable bonds is 8.